The summed E-state index contributed by atoms with van der Waals surface area (Å²) in [5, 5.41) is 0. The highest BCUT2D eigenvalue weighted by Gasteiger charge is 2.03. The topological polar surface area (TPSA) is 18.5 Å². The second kappa shape index (κ2) is 11.6. The minimum Gasteiger partial charge on any atom is -0.353 e. The Morgan fingerprint density at radius 3 is 2.31 bits per heavy atom. The van der Waals surface area contributed by atoms with Crippen molar-refractivity contribution in [2.45, 2.75) is 46.3 Å². The third-order valence-corrected chi connectivity index (χ3v) is 2.83. The molecule has 0 spiro atoms. The third-order valence-electron chi connectivity index (χ3n) is 1.94. The lowest BCUT2D eigenvalue weighted by Gasteiger charge is -2.14. The molecule has 0 saturated carbocycles. The van der Waals surface area contributed by atoms with E-state index in [4.69, 9.17) is 9.47 Å². The van der Waals surface area contributed by atoms with Crippen LogP contribution in [0.2, 0.25) is 0 Å². The maximum atomic E-state index is 5.44. The van der Waals surface area contributed by atoms with E-state index in [1.54, 1.807) is 0 Å². The van der Waals surface area contributed by atoms with Crippen molar-refractivity contribution in [3.8, 4) is 0 Å². The van der Waals surface area contributed by atoms with E-state index in [2.05, 4.69) is 47.7 Å². The van der Waals surface area contributed by atoms with E-state index >= 15 is 0 Å². The van der Waals surface area contributed by atoms with E-state index in [0.717, 1.165) is 12.8 Å². The summed E-state index contributed by atoms with van der Waals surface area (Å²) >= 11 is 2.38. The van der Waals surface area contributed by atoms with Crippen LogP contribution in [-0.4, -0.2) is 19.5 Å². The van der Waals surface area contributed by atoms with Crippen molar-refractivity contribution in [3.63, 3.8) is 0 Å². The van der Waals surface area contributed by atoms with Gasteiger partial charge in [0.25, 0.3) is 0 Å². The van der Waals surface area contributed by atoms with Crippen LogP contribution in [0.15, 0.2) is 21.8 Å². The van der Waals surface area contributed by atoms with E-state index in [-0.39, 0.29) is 6.29 Å². The van der Waals surface area contributed by atoms with E-state index in [1.807, 2.05) is 13.8 Å². The molecule has 0 aliphatic heterocycles. The SMILES string of the molecule is CCC/C(I)=C/C=C/CC(OCC)OCC. The molecule has 0 amide bonds. The lowest BCUT2D eigenvalue weighted by atomic mass is 10.3. The molecule has 0 rings (SSSR count). The van der Waals surface area contributed by atoms with E-state index in [9.17, 15) is 0 Å². The van der Waals surface area contributed by atoms with Crippen molar-refractivity contribution in [3.05, 3.63) is 21.8 Å². The Bertz CT molecular complexity index is 206. The summed E-state index contributed by atoms with van der Waals surface area (Å²) in [6, 6.07) is 0. The summed E-state index contributed by atoms with van der Waals surface area (Å²) in [5.74, 6) is 0. The average molecular weight is 338 g/mol. The zero-order chi connectivity index (χ0) is 12.2. The summed E-state index contributed by atoms with van der Waals surface area (Å²) in [6.45, 7) is 7.56. The van der Waals surface area contributed by atoms with Crippen LogP contribution in [-0.2, 0) is 9.47 Å². The van der Waals surface area contributed by atoms with Crippen LogP contribution < -0.4 is 0 Å². The fourth-order valence-corrected chi connectivity index (χ4v) is 1.99. The molecule has 0 bridgehead atoms. The van der Waals surface area contributed by atoms with Crippen LogP contribution in [0, 0.1) is 0 Å². The molecule has 0 N–H and O–H groups in total. The second-order valence-electron chi connectivity index (χ2n) is 3.37. The van der Waals surface area contributed by atoms with E-state index in [0.29, 0.717) is 13.2 Å². The fraction of sp³-hybridized carbons (Fsp3) is 0.692. The molecule has 16 heavy (non-hydrogen) atoms. The third kappa shape index (κ3) is 9.36. The Kier molecular flexibility index (Phi) is 11.7. The lowest BCUT2D eigenvalue weighted by molar-refractivity contribution is -0.133. The van der Waals surface area contributed by atoms with Gasteiger partial charge in [-0.3, -0.25) is 0 Å². The molecule has 0 aromatic heterocycles. The van der Waals surface area contributed by atoms with Crippen LogP contribution in [0.5, 0.6) is 0 Å². The Morgan fingerprint density at radius 1 is 1.19 bits per heavy atom. The van der Waals surface area contributed by atoms with Gasteiger partial charge in [-0.05, 0) is 46.4 Å². The second-order valence-corrected chi connectivity index (χ2v) is 4.75. The molecule has 3 heteroatoms. The number of ether oxygens (including phenoxy) is 2. The molecule has 0 aromatic rings. The molecule has 0 aliphatic rings. The summed E-state index contributed by atoms with van der Waals surface area (Å²) in [7, 11) is 0. The molecule has 94 valence electrons. The molecule has 0 saturated heterocycles. The van der Waals surface area contributed by atoms with Crippen molar-refractivity contribution in [1.82, 2.24) is 0 Å². The zero-order valence-electron chi connectivity index (χ0n) is 10.5. The lowest BCUT2D eigenvalue weighted by Crippen LogP contribution is -2.16. The predicted octanol–water partition coefficient (Wildman–Crippen LogP) is 4.45. The van der Waals surface area contributed by atoms with Crippen molar-refractivity contribution in [1.29, 1.82) is 0 Å². The Labute approximate surface area is 113 Å². The van der Waals surface area contributed by atoms with Gasteiger partial charge in [-0.1, -0.05) is 31.6 Å². The Balaban J connectivity index is 3.89. The summed E-state index contributed by atoms with van der Waals surface area (Å²) < 4.78 is 12.3. The van der Waals surface area contributed by atoms with Crippen LogP contribution in [0.3, 0.4) is 0 Å². The molecule has 0 aliphatic carbocycles. The number of hydrogen-bond donors (Lipinski definition) is 0. The molecular formula is C13H23IO2. The van der Waals surface area contributed by atoms with Gasteiger partial charge in [0.05, 0.1) is 0 Å². The van der Waals surface area contributed by atoms with Crippen molar-refractivity contribution in [2.75, 3.05) is 13.2 Å². The first kappa shape index (κ1) is 16.1. The van der Waals surface area contributed by atoms with Crippen LogP contribution in [0.4, 0.5) is 0 Å². The van der Waals surface area contributed by atoms with Crippen molar-refractivity contribution < 1.29 is 9.47 Å². The quantitative estimate of drug-likeness (QED) is 0.351. The predicted molar refractivity (Wildman–Crippen MR) is 77.8 cm³/mol. The van der Waals surface area contributed by atoms with Gasteiger partial charge in [-0.15, -0.1) is 0 Å². The molecule has 0 aromatic carbocycles. The number of rotatable bonds is 9. The highest BCUT2D eigenvalue weighted by molar-refractivity contribution is 14.1. The standard InChI is InChI=1S/C13H23IO2/c1-4-9-12(14)10-7-8-11-13(15-5-2)16-6-3/h7-8,10,13H,4-6,9,11H2,1-3H3/b8-7+,12-10-. The first-order valence-corrected chi connectivity index (χ1v) is 7.06. The monoisotopic (exact) mass is 338 g/mol. The van der Waals surface area contributed by atoms with Crippen LogP contribution in [0.1, 0.15) is 40.0 Å². The van der Waals surface area contributed by atoms with Gasteiger partial charge in [-0.25, -0.2) is 0 Å². The zero-order valence-corrected chi connectivity index (χ0v) is 12.7. The summed E-state index contributed by atoms with van der Waals surface area (Å²) in [5.41, 5.74) is 0. The molecule has 0 fully saturated rings. The molecular weight excluding hydrogens is 315 g/mol. The summed E-state index contributed by atoms with van der Waals surface area (Å²) in [4.78, 5) is 0. The number of hydrogen-bond acceptors (Lipinski definition) is 2. The van der Waals surface area contributed by atoms with Gasteiger partial charge in [0, 0.05) is 19.6 Å². The fourth-order valence-electron chi connectivity index (χ4n) is 1.24. The molecule has 0 unspecified atom stereocenters. The minimum absolute atomic E-state index is 0.0940. The van der Waals surface area contributed by atoms with Gasteiger partial charge >= 0.3 is 0 Å². The van der Waals surface area contributed by atoms with E-state index < -0.39 is 0 Å². The average Bonchev–Trinajstić information content (AvgIpc) is 2.25. The molecule has 0 atom stereocenters. The van der Waals surface area contributed by atoms with Crippen molar-refractivity contribution in [2.24, 2.45) is 0 Å². The van der Waals surface area contributed by atoms with Crippen LogP contribution in [0.25, 0.3) is 0 Å². The largest absolute Gasteiger partial charge is 0.353 e. The Hall–Kier alpha value is 0.130. The van der Waals surface area contributed by atoms with Crippen LogP contribution >= 0.6 is 22.6 Å². The maximum absolute atomic E-state index is 5.44. The van der Waals surface area contributed by atoms with Gasteiger partial charge in [0.15, 0.2) is 6.29 Å². The van der Waals surface area contributed by atoms with Crippen molar-refractivity contribution >= 4 is 22.6 Å². The first-order valence-electron chi connectivity index (χ1n) is 5.98. The molecule has 0 heterocycles. The van der Waals surface area contributed by atoms with Gasteiger partial charge in [0.1, 0.15) is 0 Å². The van der Waals surface area contributed by atoms with Gasteiger partial charge in [0.2, 0.25) is 0 Å². The highest BCUT2D eigenvalue weighted by atomic mass is 127. The van der Waals surface area contributed by atoms with E-state index in [1.165, 1.54) is 10.0 Å². The highest BCUT2D eigenvalue weighted by Crippen LogP contribution is 2.13. The smallest absolute Gasteiger partial charge is 0.160 e. The first-order chi connectivity index (χ1) is 7.74. The molecule has 2 nitrogen and oxygen atoms in total. The molecule has 0 radical (unpaired) electrons. The normalized spacial score (nSPS) is 12.9. The minimum atomic E-state index is -0.0940. The van der Waals surface area contributed by atoms with Gasteiger partial charge < -0.3 is 9.47 Å². The Morgan fingerprint density at radius 2 is 1.81 bits per heavy atom. The summed E-state index contributed by atoms with van der Waals surface area (Å²) in [6.07, 6.45) is 9.41. The number of halogens is 1. The number of allylic oxidation sites excluding steroid dienone is 3. The maximum Gasteiger partial charge on any atom is 0.160 e. The van der Waals surface area contributed by atoms with Gasteiger partial charge in [-0.2, -0.15) is 0 Å².